The van der Waals surface area contributed by atoms with Crippen molar-refractivity contribution in [3.63, 3.8) is 0 Å². The highest BCUT2D eigenvalue weighted by atomic mass is 32.1. The van der Waals surface area contributed by atoms with E-state index in [1.807, 2.05) is 25.4 Å². The van der Waals surface area contributed by atoms with E-state index in [1.54, 1.807) is 34.2 Å². The van der Waals surface area contributed by atoms with Crippen LogP contribution in [0.5, 0.6) is 0 Å². The molecule has 0 spiro atoms. The summed E-state index contributed by atoms with van der Waals surface area (Å²) >= 11 is 1.56. The van der Waals surface area contributed by atoms with E-state index >= 15 is 0 Å². The fourth-order valence-corrected chi connectivity index (χ4v) is 2.79. The van der Waals surface area contributed by atoms with Crippen LogP contribution in [0.3, 0.4) is 0 Å². The molecule has 0 atom stereocenters. The van der Waals surface area contributed by atoms with E-state index in [4.69, 9.17) is 5.73 Å². The first-order valence-corrected chi connectivity index (χ1v) is 7.41. The van der Waals surface area contributed by atoms with Gasteiger partial charge in [0.1, 0.15) is 0 Å². The number of hydrogen-bond donors (Lipinski definition) is 1. The number of carbonyl (C=O) groups excluding carboxylic acids is 1. The Labute approximate surface area is 128 Å². The average Bonchev–Trinajstić information content (AvgIpc) is 3.02. The van der Waals surface area contributed by atoms with Crippen molar-refractivity contribution in [2.24, 2.45) is 12.8 Å². The molecule has 0 aliphatic heterocycles. The molecule has 0 unspecified atom stereocenters. The molecule has 0 aliphatic rings. The van der Waals surface area contributed by atoms with Crippen molar-refractivity contribution in [2.75, 3.05) is 13.6 Å². The minimum absolute atomic E-state index is 0.0265. The van der Waals surface area contributed by atoms with Crippen LogP contribution in [0.2, 0.25) is 0 Å². The van der Waals surface area contributed by atoms with Gasteiger partial charge in [0.25, 0.3) is 5.91 Å². The number of nitrogens with two attached hydrogens (primary N) is 1. The van der Waals surface area contributed by atoms with Gasteiger partial charge in [-0.3, -0.25) is 9.48 Å². The summed E-state index contributed by atoms with van der Waals surface area (Å²) in [5.41, 5.74) is 7.80. The van der Waals surface area contributed by atoms with E-state index in [0.717, 1.165) is 16.1 Å². The lowest BCUT2D eigenvalue weighted by Gasteiger charge is -2.15. The van der Waals surface area contributed by atoms with Gasteiger partial charge in [0.05, 0.1) is 22.7 Å². The van der Waals surface area contributed by atoms with Crippen LogP contribution >= 0.6 is 11.3 Å². The van der Waals surface area contributed by atoms with E-state index in [-0.39, 0.29) is 5.91 Å². The molecule has 0 radical (unpaired) electrons. The molecular weight excluding hydrogens is 284 g/mol. The average molecular weight is 302 g/mol. The minimum atomic E-state index is -0.0265. The van der Waals surface area contributed by atoms with E-state index in [1.165, 1.54) is 0 Å². The zero-order valence-corrected chi connectivity index (χ0v) is 13.2. The summed E-state index contributed by atoms with van der Waals surface area (Å²) in [6, 6.07) is 1.99. The molecule has 0 aliphatic carbocycles. The van der Waals surface area contributed by atoms with Gasteiger partial charge in [-0.15, -0.1) is 11.3 Å². The van der Waals surface area contributed by atoms with Gasteiger partial charge in [0.2, 0.25) is 0 Å². The van der Waals surface area contributed by atoms with E-state index in [2.05, 4.69) is 16.9 Å². The summed E-state index contributed by atoms with van der Waals surface area (Å²) in [5.74, 6) is 5.80. The second-order valence-electron chi connectivity index (χ2n) is 4.79. The van der Waals surface area contributed by atoms with Gasteiger partial charge in [-0.05, 0) is 23.9 Å². The van der Waals surface area contributed by atoms with Gasteiger partial charge in [0.15, 0.2) is 0 Å². The van der Waals surface area contributed by atoms with E-state index in [0.29, 0.717) is 18.7 Å². The Balaban J connectivity index is 2.07. The number of nitrogens with zero attached hydrogens (tertiary/aromatic N) is 3. The Morgan fingerprint density at radius 3 is 2.95 bits per heavy atom. The maximum atomic E-state index is 12.4. The van der Waals surface area contributed by atoms with Crippen LogP contribution in [-0.4, -0.2) is 34.2 Å². The number of aryl methyl sites for hydroxylation is 2. The van der Waals surface area contributed by atoms with Gasteiger partial charge in [-0.25, -0.2) is 0 Å². The first-order chi connectivity index (χ1) is 10.0. The molecule has 2 aromatic heterocycles. The predicted molar refractivity (Wildman–Crippen MR) is 84.0 cm³/mol. The Morgan fingerprint density at radius 2 is 2.33 bits per heavy atom. The maximum absolute atomic E-state index is 12.4. The van der Waals surface area contributed by atoms with Crippen LogP contribution < -0.4 is 5.73 Å². The van der Waals surface area contributed by atoms with Gasteiger partial charge >= 0.3 is 0 Å². The normalized spacial score (nSPS) is 10.1. The quantitative estimate of drug-likeness (QED) is 0.871. The molecule has 1 amide bonds. The number of thiophene rings is 1. The number of rotatable bonds is 3. The first-order valence-electron chi connectivity index (χ1n) is 6.53. The first kappa shape index (κ1) is 15.3. The molecule has 0 fully saturated rings. The highest BCUT2D eigenvalue weighted by molar-refractivity contribution is 7.10. The zero-order valence-electron chi connectivity index (χ0n) is 12.4. The Bertz CT molecular complexity index is 705. The molecule has 21 heavy (non-hydrogen) atoms. The minimum Gasteiger partial charge on any atom is -0.337 e. The number of aromatic nitrogens is 2. The van der Waals surface area contributed by atoms with Crippen LogP contribution in [0.25, 0.3) is 0 Å². The lowest BCUT2D eigenvalue weighted by molar-refractivity contribution is 0.0784. The van der Waals surface area contributed by atoms with Crippen molar-refractivity contribution < 1.29 is 4.79 Å². The Kier molecular flexibility index (Phi) is 4.78. The molecule has 2 aromatic rings. The number of amides is 1. The third-order valence-electron chi connectivity index (χ3n) is 2.98. The van der Waals surface area contributed by atoms with Crippen LogP contribution in [-0.2, 0) is 13.6 Å². The maximum Gasteiger partial charge on any atom is 0.257 e. The highest BCUT2D eigenvalue weighted by Crippen LogP contribution is 2.16. The molecule has 0 saturated carbocycles. The van der Waals surface area contributed by atoms with Gasteiger partial charge in [-0.1, -0.05) is 11.8 Å². The fourth-order valence-electron chi connectivity index (χ4n) is 2.02. The summed E-state index contributed by atoms with van der Waals surface area (Å²) in [6.07, 6.45) is 1.75. The molecule has 2 heterocycles. The van der Waals surface area contributed by atoms with E-state index < -0.39 is 0 Å². The fraction of sp³-hybridized carbons (Fsp3) is 0.333. The molecule has 0 saturated heterocycles. The predicted octanol–water partition coefficient (Wildman–Crippen LogP) is 1.37. The third kappa shape index (κ3) is 3.72. The summed E-state index contributed by atoms with van der Waals surface area (Å²) in [6.45, 7) is 2.74. The lowest BCUT2D eigenvalue weighted by Crippen LogP contribution is -2.26. The standard InChI is InChI=1S/C15H18N4OS/c1-11-14(9-19(3)17-11)15(20)18(2)8-12-7-13(21-10-12)5-4-6-16/h7,9-10H,6,8,16H2,1-3H3. The molecule has 110 valence electrons. The topological polar surface area (TPSA) is 64.2 Å². The second kappa shape index (κ2) is 6.57. The van der Waals surface area contributed by atoms with Crippen molar-refractivity contribution >= 4 is 17.2 Å². The zero-order chi connectivity index (χ0) is 15.4. The Morgan fingerprint density at radius 1 is 1.57 bits per heavy atom. The largest absolute Gasteiger partial charge is 0.337 e. The van der Waals surface area contributed by atoms with Crippen LogP contribution in [0, 0.1) is 18.8 Å². The highest BCUT2D eigenvalue weighted by Gasteiger charge is 2.17. The smallest absolute Gasteiger partial charge is 0.257 e. The Hall–Kier alpha value is -2.10. The van der Waals surface area contributed by atoms with Crippen molar-refractivity contribution in [3.05, 3.63) is 39.3 Å². The lowest BCUT2D eigenvalue weighted by atomic mass is 10.2. The molecule has 6 heteroatoms. The second-order valence-corrected chi connectivity index (χ2v) is 5.70. The van der Waals surface area contributed by atoms with Gasteiger partial charge in [-0.2, -0.15) is 5.10 Å². The van der Waals surface area contributed by atoms with Crippen LogP contribution in [0.15, 0.2) is 17.6 Å². The molecular formula is C15H18N4OS. The third-order valence-corrected chi connectivity index (χ3v) is 3.87. The molecule has 0 aromatic carbocycles. The van der Waals surface area contributed by atoms with Gasteiger partial charge in [0, 0.05) is 26.8 Å². The van der Waals surface area contributed by atoms with Crippen molar-refractivity contribution in [3.8, 4) is 11.8 Å². The number of carbonyl (C=O) groups is 1. The SMILES string of the molecule is Cc1nn(C)cc1C(=O)N(C)Cc1csc(C#CCN)c1. The molecule has 2 N–H and O–H groups in total. The summed E-state index contributed by atoms with van der Waals surface area (Å²) < 4.78 is 1.65. The van der Waals surface area contributed by atoms with Crippen LogP contribution in [0.4, 0.5) is 0 Å². The molecule has 5 nitrogen and oxygen atoms in total. The van der Waals surface area contributed by atoms with Crippen LogP contribution in [0.1, 0.15) is 26.5 Å². The van der Waals surface area contributed by atoms with E-state index in [9.17, 15) is 4.79 Å². The van der Waals surface area contributed by atoms with Crippen molar-refractivity contribution in [1.29, 1.82) is 0 Å². The van der Waals surface area contributed by atoms with Crippen molar-refractivity contribution in [2.45, 2.75) is 13.5 Å². The molecule has 2 rings (SSSR count). The number of hydrogen-bond acceptors (Lipinski definition) is 4. The van der Waals surface area contributed by atoms with Gasteiger partial charge < -0.3 is 10.6 Å². The summed E-state index contributed by atoms with van der Waals surface area (Å²) in [4.78, 5) is 15.0. The molecule has 0 bridgehead atoms. The van der Waals surface area contributed by atoms with Crippen molar-refractivity contribution in [1.82, 2.24) is 14.7 Å². The summed E-state index contributed by atoms with van der Waals surface area (Å²) in [7, 11) is 3.60. The monoisotopic (exact) mass is 302 g/mol. The summed E-state index contributed by atoms with van der Waals surface area (Å²) in [5, 5.41) is 6.21.